The Kier molecular flexibility index (Phi) is 6.40. The minimum Gasteiger partial charge on any atom is -0.452 e. The van der Waals surface area contributed by atoms with Gasteiger partial charge >= 0.3 is 5.97 Å². The van der Waals surface area contributed by atoms with E-state index < -0.39 is 41.1 Å². The molecule has 2 aromatic rings. The van der Waals surface area contributed by atoms with Crippen LogP contribution in [0.15, 0.2) is 36.4 Å². The van der Waals surface area contributed by atoms with Crippen molar-refractivity contribution in [2.75, 3.05) is 6.61 Å². The summed E-state index contributed by atoms with van der Waals surface area (Å²) < 4.78 is 31.4. The van der Waals surface area contributed by atoms with Crippen molar-refractivity contribution in [3.63, 3.8) is 0 Å². The van der Waals surface area contributed by atoms with E-state index in [4.69, 9.17) is 16.3 Å². The second kappa shape index (κ2) is 8.54. The summed E-state index contributed by atoms with van der Waals surface area (Å²) in [7, 11) is 0. The molecule has 1 N–H and O–H groups in total. The van der Waals surface area contributed by atoms with E-state index in [1.807, 2.05) is 0 Å². The molecule has 27 heavy (non-hydrogen) atoms. The predicted molar refractivity (Wildman–Crippen MR) is 91.3 cm³/mol. The summed E-state index contributed by atoms with van der Waals surface area (Å²) >= 11 is 5.81. The van der Waals surface area contributed by atoms with Crippen LogP contribution in [0.5, 0.6) is 0 Å². The normalized spacial score (nSPS) is 11.6. The molecule has 0 aliphatic heterocycles. The van der Waals surface area contributed by atoms with Crippen molar-refractivity contribution in [2.24, 2.45) is 0 Å². The van der Waals surface area contributed by atoms with Crippen LogP contribution in [0.25, 0.3) is 0 Å². The second-order valence-electron chi connectivity index (χ2n) is 5.45. The molecule has 7 nitrogen and oxygen atoms in total. The van der Waals surface area contributed by atoms with Crippen molar-refractivity contribution in [3.05, 3.63) is 74.3 Å². The van der Waals surface area contributed by atoms with Crippen molar-refractivity contribution in [1.29, 1.82) is 0 Å². The average molecular weight is 399 g/mol. The summed E-state index contributed by atoms with van der Waals surface area (Å²) in [5.41, 5.74) is -0.578. The Bertz CT molecular complexity index is 907. The smallest absolute Gasteiger partial charge is 0.340 e. The van der Waals surface area contributed by atoms with Gasteiger partial charge in [0, 0.05) is 23.8 Å². The first kappa shape index (κ1) is 20.2. The van der Waals surface area contributed by atoms with Gasteiger partial charge in [-0.1, -0.05) is 17.7 Å². The molecule has 0 aromatic heterocycles. The first-order chi connectivity index (χ1) is 12.7. The number of hydrogen-bond donors (Lipinski definition) is 1. The maximum Gasteiger partial charge on any atom is 0.340 e. The molecule has 0 saturated carbocycles. The molecule has 2 aromatic carbocycles. The number of benzene rings is 2. The topological polar surface area (TPSA) is 98.5 Å². The quantitative estimate of drug-likeness (QED) is 0.455. The average Bonchev–Trinajstić information content (AvgIpc) is 2.59. The van der Waals surface area contributed by atoms with Crippen molar-refractivity contribution in [2.45, 2.75) is 13.0 Å². The molecular formula is C17H13ClF2N2O5. The maximum atomic E-state index is 13.7. The number of nitro benzene ring substituents is 1. The lowest BCUT2D eigenvalue weighted by Gasteiger charge is -2.15. The fourth-order valence-corrected chi connectivity index (χ4v) is 2.40. The van der Waals surface area contributed by atoms with Crippen LogP contribution >= 0.6 is 11.6 Å². The lowest BCUT2D eigenvalue weighted by molar-refractivity contribution is -0.384. The summed E-state index contributed by atoms with van der Waals surface area (Å²) in [4.78, 5) is 33.9. The van der Waals surface area contributed by atoms with E-state index >= 15 is 0 Å². The highest BCUT2D eigenvalue weighted by atomic mass is 35.5. The molecule has 1 amide bonds. The number of nitrogens with one attached hydrogen (secondary N) is 1. The SMILES string of the molecule is C[C@@H](NC(=O)COC(=O)c1cc([N+](=O)[O-])ccc1Cl)c1ccc(F)cc1F. The van der Waals surface area contributed by atoms with Crippen LogP contribution in [0.3, 0.4) is 0 Å². The largest absolute Gasteiger partial charge is 0.452 e. The number of nitrogens with zero attached hydrogens (tertiary/aromatic N) is 1. The van der Waals surface area contributed by atoms with Crippen LogP contribution in [0.2, 0.25) is 5.02 Å². The zero-order valence-electron chi connectivity index (χ0n) is 13.9. The number of carbonyl (C=O) groups excluding carboxylic acids is 2. The minimum atomic E-state index is -1.03. The predicted octanol–water partition coefficient (Wildman–Crippen LogP) is 3.56. The van der Waals surface area contributed by atoms with Crippen LogP contribution in [0, 0.1) is 21.7 Å². The van der Waals surface area contributed by atoms with Crippen molar-refractivity contribution < 1.29 is 28.0 Å². The number of esters is 1. The lowest BCUT2D eigenvalue weighted by Crippen LogP contribution is -2.31. The van der Waals surface area contributed by atoms with Crippen LogP contribution in [0.1, 0.15) is 28.9 Å². The number of non-ortho nitro benzene ring substituents is 1. The van der Waals surface area contributed by atoms with Crippen molar-refractivity contribution >= 4 is 29.2 Å². The van der Waals surface area contributed by atoms with Gasteiger partial charge in [-0.05, 0) is 19.1 Å². The van der Waals surface area contributed by atoms with E-state index in [2.05, 4.69) is 5.32 Å². The maximum absolute atomic E-state index is 13.7. The summed E-state index contributed by atoms with van der Waals surface area (Å²) in [6.45, 7) is 0.748. The summed E-state index contributed by atoms with van der Waals surface area (Å²) in [5, 5.41) is 13.1. The molecule has 2 rings (SSSR count). The fraction of sp³-hybridized carbons (Fsp3) is 0.176. The molecule has 0 fully saturated rings. The van der Waals surface area contributed by atoms with Gasteiger partial charge < -0.3 is 10.1 Å². The molecule has 1 atom stereocenters. The first-order valence-electron chi connectivity index (χ1n) is 7.54. The third kappa shape index (κ3) is 5.20. The Morgan fingerprint density at radius 1 is 1.26 bits per heavy atom. The van der Waals surface area contributed by atoms with Gasteiger partial charge in [-0.25, -0.2) is 13.6 Å². The van der Waals surface area contributed by atoms with Crippen LogP contribution in [0.4, 0.5) is 14.5 Å². The Morgan fingerprint density at radius 2 is 1.96 bits per heavy atom. The number of amides is 1. The number of halogens is 3. The van der Waals surface area contributed by atoms with Gasteiger partial charge in [0.1, 0.15) is 11.6 Å². The zero-order valence-corrected chi connectivity index (χ0v) is 14.6. The van der Waals surface area contributed by atoms with Crippen LogP contribution in [-0.4, -0.2) is 23.4 Å². The van der Waals surface area contributed by atoms with E-state index in [1.165, 1.54) is 13.0 Å². The van der Waals surface area contributed by atoms with E-state index in [-0.39, 0.29) is 21.8 Å². The molecule has 0 radical (unpaired) electrons. The molecule has 0 bridgehead atoms. The van der Waals surface area contributed by atoms with Gasteiger partial charge in [0.15, 0.2) is 6.61 Å². The highest BCUT2D eigenvalue weighted by Crippen LogP contribution is 2.23. The van der Waals surface area contributed by atoms with Gasteiger partial charge in [0.25, 0.3) is 11.6 Å². The monoisotopic (exact) mass is 398 g/mol. The van der Waals surface area contributed by atoms with E-state index in [0.717, 1.165) is 24.3 Å². The first-order valence-corrected chi connectivity index (χ1v) is 7.92. The second-order valence-corrected chi connectivity index (χ2v) is 5.86. The molecule has 0 unspecified atom stereocenters. The third-order valence-electron chi connectivity index (χ3n) is 3.52. The molecule has 0 heterocycles. The molecule has 0 aliphatic rings. The highest BCUT2D eigenvalue weighted by molar-refractivity contribution is 6.33. The number of ether oxygens (including phenoxy) is 1. The Labute approximate surface area is 157 Å². The van der Waals surface area contributed by atoms with E-state index in [9.17, 15) is 28.5 Å². The van der Waals surface area contributed by atoms with Gasteiger partial charge in [0.2, 0.25) is 0 Å². The Balaban J connectivity index is 1.98. The van der Waals surface area contributed by atoms with Crippen LogP contribution < -0.4 is 5.32 Å². The Hall–Kier alpha value is -3.07. The van der Waals surface area contributed by atoms with Crippen molar-refractivity contribution in [1.82, 2.24) is 5.32 Å². The fourth-order valence-electron chi connectivity index (χ4n) is 2.21. The standard InChI is InChI=1S/C17H13ClF2N2O5/c1-9(12-4-2-10(19)6-15(12)20)21-16(23)8-27-17(24)13-7-11(22(25)26)3-5-14(13)18/h2-7,9H,8H2,1H3,(H,21,23)/t9-/m1/s1. The van der Waals surface area contributed by atoms with E-state index in [0.29, 0.717) is 6.07 Å². The molecule has 0 saturated heterocycles. The molecular weight excluding hydrogens is 386 g/mol. The van der Waals surface area contributed by atoms with Gasteiger partial charge in [0.05, 0.1) is 21.6 Å². The molecule has 0 spiro atoms. The Morgan fingerprint density at radius 3 is 2.59 bits per heavy atom. The van der Waals surface area contributed by atoms with Gasteiger partial charge in [-0.3, -0.25) is 14.9 Å². The number of hydrogen-bond acceptors (Lipinski definition) is 5. The molecule has 0 aliphatic carbocycles. The van der Waals surface area contributed by atoms with E-state index in [1.54, 1.807) is 0 Å². The summed E-state index contributed by atoms with van der Waals surface area (Å²) in [6, 6.07) is 5.32. The third-order valence-corrected chi connectivity index (χ3v) is 3.85. The minimum absolute atomic E-state index is 0.0535. The lowest BCUT2D eigenvalue weighted by atomic mass is 10.1. The van der Waals surface area contributed by atoms with Crippen molar-refractivity contribution in [3.8, 4) is 0 Å². The van der Waals surface area contributed by atoms with Gasteiger partial charge in [-0.15, -0.1) is 0 Å². The van der Waals surface area contributed by atoms with Crippen LogP contribution in [-0.2, 0) is 9.53 Å². The number of carbonyl (C=O) groups is 2. The zero-order chi connectivity index (χ0) is 20.1. The number of nitro groups is 1. The summed E-state index contributed by atoms with van der Waals surface area (Å²) in [5.74, 6) is -3.36. The van der Waals surface area contributed by atoms with Gasteiger partial charge in [-0.2, -0.15) is 0 Å². The molecule has 142 valence electrons. The number of rotatable bonds is 6. The molecule has 10 heteroatoms. The summed E-state index contributed by atoms with van der Waals surface area (Å²) in [6.07, 6.45) is 0. The highest BCUT2D eigenvalue weighted by Gasteiger charge is 2.19.